The third kappa shape index (κ3) is 7.23. The molecule has 62 heavy (non-hydrogen) atoms. The molecule has 2 aromatic heterocycles. The molecule has 7 aliphatic rings. The number of aromatic nitrogens is 4. The largest absolute Gasteiger partial charge is 0.507 e. The van der Waals surface area contributed by atoms with Gasteiger partial charge in [0, 0.05) is 54.3 Å². The fourth-order valence-electron chi connectivity index (χ4n) is 12.7. The molecule has 13 nitrogen and oxygen atoms in total. The SMILES string of the molecule is Nc1nnc(-c2ccccc2O)cc1N1CC[C@H]2CCC(c3nccc([C@H]4CC[C@@H](N5CCC(c6cccc7c6OCCN7C6CCC(=O)NC6=O)CC5)CC4)n3)(C2)C2C[C@H]2C1. The smallest absolute Gasteiger partial charge is 0.249 e. The van der Waals surface area contributed by atoms with Crippen molar-refractivity contribution in [2.45, 2.75) is 113 Å². The second-order valence-corrected chi connectivity index (χ2v) is 19.4. The monoisotopic (exact) mass is 837 g/mol. The van der Waals surface area contributed by atoms with Crippen LogP contribution in [0.2, 0.25) is 0 Å². The molecule has 4 aromatic rings. The van der Waals surface area contributed by atoms with E-state index in [4.69, 9.17) is 20.4 Å². The minimum Gasteiger partial charge on any atom is -0.507 e. The van der Waals surface area contributed by atoms with Crippen LogP contribution in [0.25, 0.3) is 11.3 Å². The molecule has 0 radical (unpaired) electrons. The summed E-state index contributed by atoms with van der Waals surface area (Å²) in [6.45, 7) is 5.23. The molecule has 324 valence electrons. The Morgan fingerprint density at radius 3 is 2.55 bits per heavy atom. The number of nitrogens with one attached hydrogen (secondary N) is 1. The number of carbonyl (C=O) groups is 2. The topological polar surface area (TPSA) is 163 Å². The Labute approximate surface area is 363 Å². The number of hydrogen-bond donors (Lipinski definition) is 3. The van der Waals surface area contributed by atoms with Crippen LogP contribution in [-0.2, 0) is 15.0 Å². The van der Waals surface area contributed by atoms with Crippen LogP contribution < -0.4 is 25.6 Å². The molecule has 6 heterocycles. The molecule has 6 fully saturated rings. The summed E-state index contributed by atoms with van der Waals surface area (Å²) in [6.07, 6.45) is 15.7. The number of para-hydroxylation sites is 2. The number of carbonyl (C=O) groups excluding carboxylic acids is 2. The van der Waals surface area contributed by atoms with Gasteiger partial charge in [0.15, 0.2) is 5.82 Å². The predicted molar refractivity (Wildman–Crippen MR) is 237 cm³/mol. The third-order valence-corrected chi connectivity index (χ3v) is 16.1. The van der Waals surface area contributed by atoms with Gasteiger partial charge >= 0.3 is 0 Å². The number of rotatable bonds is 7. The molecular weight excluding hydrogens is 779 g/mol. The van der Waals surface area contributed by atoms with Crippen LogP contribution in [0, 0.1) is 17.8 Å². The van der Waals surface area contributed by atoms with Gasteiger partial charge < -0.3 is 30.3 Å². The molecule has 4 aliphatic heterocycles. The van der Waals surface area contributed by atoms with E-state index in [9.17, 15) is 14.7 Å². The fraction of sp³-hybridized carbons (Fsp3) is 0.551. The fourth-order valence-corrected chi connectivity index (χ4v) is 12.7. The number of anilines is 3. The number of piperidine rings is 2. The van der Waals surface area contributed by atoms with Crippen LogP contribution in [0.15, 0.2) is 60.8 Å². The van der Waals surface area contributed by atoms with Crippen molar-refractivity contribution in [3.63, 3.8) is 0 Å². The summed E-state index contributed by atoms with van der Waals surface area (Å²) in [7, 11) is 0. The van der Waals surface area contributed by atoms with Crippen molar-refractivity contribution in [2.24, 2.45) is 17.8 Å². The number of nitrogens with two attached hydrogens (primary N) is 1. The van der Waals surface area contributed by atoms with Crippen molar-refractivity contribution in [2.75, 3.05) is 54.9 Å². The van der Waals surface area contributed by atoms with Crippen LogP contribution in [0.1, 0.15) is 112 Å². The average Bonchev–Trinajstić information content (AvgIpc) is 3.94. The summed E-state index contributed by atoms with van der Waals surface area (Å²) in [5, 5.41) is 21.8. The quantitative estimate of drug-likeness (QED) is 0.169. The maximum Gasteiger partial charge on any atom is 0.249 e. The number of hydrogen-bond acceptors (Lipinski definition) is 12. The van der Waals surface area contributed by atoms with Gasteiger partial charge in [-0.1, -0.05) is 24.3 Å². The maximum absolute atomic E-state index is 12.8. The van der Waals surface area contributed by atoms with E-state index in [1.165, 1.54) is 43.4 Å². The van der Waals surface area contributed by atoms with Gasteiger partial charge in [0.05, 0.1) is 23.6 Å². The average molecular weight is 838 g/mol. The molecule has 2 aromatic carbocycles. The van der Waals surface area contributed by atoms with Gasteiger partial charge in [0.2, 0.25) is 11.8 Å². The van der Waals surface area contributed by atoms with Crippen LogP contribution in [0.5, 0.6) is 11.5 Å². The number of aromatic hydroxyl groups is 1. The van der Waals surface area contributed by atoms with E-state index < -0.39 is 0 Å². The van der Waals surface area contributed by atoms with Gasteiger partial charge in [-0.05, 0) is 150 Å². The van der Waals surface area contributed by atoms with Gasteiger partial charge in [0.25, 0.3) is 0 Å². The van der Waals surface area contributed by atoms with E-state index in [0.29, 0.717) is 78.7 Å². The Hall–Kier alpha value is -5.30. The molecule has 3 saturated carbocycles. The highest BCUT2D eigenvalue weighted by Crippen LogP contribution is 2.61. The van der Waals surface area contributed by atoms with Crippen molar-refractivity contribution in [1.29, 1.82) is 0 Å². The Morgan fingerprint density at radius 1 is 0.855 bits per heavy atom. The summed E-state index contributed by atoms with van der Waals surface area (Å²) >= 11 is 0. The lowest BCUT2D eigenvalue weighted by Gasteiger charge is -2.42. The second kappa shape index (κ2) is 16.1. The molecule has 2 bridgehead atoms. The van der Waals surface area contributed by atoms with Crippen LogP contribution >= 0.6 is 0 Å². The van der Waals surface area contributed by atoms with Crippen molar-refractivity contribution in [3.8, 4) is 22.8 Å². The first kappa shape index (κ1) is 39.5. The number of fused-ring (bicyclic) bond motifs is 5. The van der Waals surface area contributed by atoms with E-state index in [-0.39, 0.29) is 29.0 Å². The number of amides is 2. The van der Waals surface area contributed by atoms with E-state index in [0.717, 1.165) is 87.7 Å². The summed E-state index contributed by atoms with van der Waals surface area (Å²) in [6, 6.07) is 18.2. The lowest BCUT2D eigenvalue weighted by atomic mass is 9.77. The van der Waals surface area contributed by atoms with Crippen molar-refractivity contribution >= 4 is 29.0 Å². The number of nitrogens with zero attached hydrogens (tertiary/aromatic N) is 7. The number of likely N-dealkylation sites (tertiary alicyclic amines) is 1. The number of phenolic OH excluding ortho intramolecular Hbond substituents is 1. The Balaban J connectivity index is 0.727. The van der Waals surface area contributed by atoms with Crippen molar-refractivity contribution in [1.82, 2.24) is 30.4 Å². The highest BCUT2D eigenvalue weighted by molar-refractivity contribution is 6.02. The molecule has 13 heteroatoms. The number of ether oxygens (including phenoxy) is 1. The van der Waals surface area contributed by atoms with Crippen LogP contribution in [-0.4, -0.2) is 93.4 Å². The molecule has 11 rings (SSSR count). The van der Waals surface area contributed by atoms with Gasteiger partial charge in [-0.2, -0.15) is 0 Å². The zero-order valence-electron chi connectivity index (χ0n) is 35.6. The number of imide groups is 1. The molecule has 3 unspecified atom stereocenters. The van der Waals surface area contributed by atoms with Gasteiger partial charge in [-0.25, -0.2) is 9.97 Å². The first-order valence-electron chi connectivity index (χ1n) is 23.4. The van der Waals surface area contributed by atoms with E-state index in [2.05, 4.69) is 60.7 Å². The minimum atomic E-state index is -0.333. The molecular formula is C49H59N9O4. The van der Waals surface area contributed by atoms with Crippen LogP contribution in [0.4, 0.5) is 17.2 Å². The Bertz CT molecular complexity index is 2340. The summed E-state index contributed by atoms with van der Waals surface area (Å²) in [4.78, 5) is 42.6. The molecule has 3 saturated heterocycles. The Morgan fingerprint density at radius 2 is 1.71 bits per heavy atom. The minimum absolute atomic E-state index is 0.0399. The lowest BCUT2D eigenvalue weighted by Crippen LogP contribution is -2.54. The van der Waals surface area contributed by atoms with Crippen molar-refractivity contribution in [3.05, 3.63) is 77.9 Å². The molecule has 5 atom stereocenters. The van der Waals surface area contributed by atoms with E-state index >= 15 is 0 Å². The Kier molecular flexibility index (Phi) is 10.3. The molecule has 2 amide bonds. The molecule has 0 spiro atoms. The van der Waals surface area contributed by atoms with E-state index in [1.54, 1.807) is 6.07 Å². The normalized spacial score (nSPS) is 30.3. The highest BCUT2D eigenvalue weighted by atomic mass is 16.5. The number of benzene rings is 2. The summed E-state index contributed by atoms with van der Waals surface area (Å²) in [5.74, 6) is 4.91. The predicted octanol–water partition coefficient (Wildman–Crippen LogP) is 6.72. The number of nitrogen functional groups attached to an aromatic ring is 1. The summed E-state index contributed by atoms with van der Waals surface area (Å²) < 4.78 is 6.33. The maximum atomic E-state index is 12.8. The first-order chi connectivity index (χ1) is 30.3. The summed E-state index contributed by atoms with van der Waals surface area (Å²) in [5.41, 5.74) is 12.3. The van der Waals surface area contributed by atoms with Gasteiger partial charge in [0.1, 0.15) is 30.0 Å². The standard InChI is InChI=1S/C49H59N9O4/c50-46-42(27-39(54-55-46)36-4-1-2-7-43(36)59)57-21-16-30-14-19-49(28-30,37-26-33(37)29-57)48-51-20-15-38(52-48)32-8-10-34(11-9-32)56-22-17-31(18-23-56)35-5-3-6-40-45(35)62-25-24-58(40)41-12-13-44(60)53-47(41)61/h1-7,15,20,27,30-34,37,41,59H,8-14,16-19,21-26,28-29H2,(H2,50,55)(H,53,60,61)/t30-,32-,33+,34+,37?,41?,49?/m1/s1. The van der Waals surface area contributed by atoms with Gasteiger partial charge in [-0.3, -0.25) is 14.9 Å². The highest BCUT2D eigenvalue weighted by Gasteiger charge is 2.58. The zero-order chi connectivity index (χ0) is 42.0. The number of phenols is 1. The van der Waals surface area contributed by atoms with Crippen molar-refractivity contribution < 1.29 is 19.4 Å². The second-order valence-electron chi connectivity index (χ2n) is 19.4. The third-order valence-electron chi connectivity index (χ3n) is 16.1. The van der Waals surface area contributed by atoms with Crippen LogP contribution in [0.3, 0.4) is 0 Å². The zero-order valence-corrected chi connectivity index (χ0v) is 35.6. The van der Waals surface area contributed by atoms with Gasteiger partial charge in [-0.15, -0.1) is 10.2 Å². The van der Waals surface area contributed by atoms with E-state index in [1.807, 2.05) is 24.3 Å². The molecule has 4 N–H and O–H groups in total. The first-order valence-corrected chi connectivity index (χ1v) is 23.4. The lowest BCUT2D eigenvalue weighted by molar-refractivity contribution is -0.134. The molecule has 3 aliphatic carbocycles.